The van der Waals surface area contributed by atoms with Crippen molar-refractivity contribution in [1.29, 1.82) is 0 Å². The molecule has 0 aliphatic rings. The summed E-state index contributed by atoms with van der Waals surface area (Å²) in [7, 11) is 2.54. The van der Waals surface area contributed by atoms with Crippen molar-refractivity contribution < 1.29 is 44.1 Å². The van der Waals surface area contributed by atoms with Gasteiger partial charge in [-0.25, -0.2) is 4.79 Å². The summed E-state index contributed by atoms with van der Waals surface area (Å²) in [5.41, 5.74) is 10.9. The normalized spacial score (nSPS) is 14.0. The van der Waals surface area contributed by atoms with Crippen molar-refractivity contribution in [2.75, 3.05) is 20.7 Å². The van der Waals surface area contributed by atoms with E-state index in [1.54, 1.807) is 18.2 Å². The van der Waals surface area contributed by atoms with Crippen LogP contribution in [0.25, 0.3) is 11.1 Å². The molecule has 0 saturated carbocycles. The number of phenols is 2. The highest BCUT2D eigenvalue weighted by atomic mass is 19.2. The van der Waals surface area contributed by atoms with Gasteiger partial charge in [0, 0.05) is 32.9 Å². The molecule has 0 saturated heterocycles. The highest BCUT2D eigenvalue weighted by molar-refractivity contribution is 5.87. The second kappa shape index (κ2) is 15.7. The number of phenolic OH excluding ortho intramolecular Hbond substituents is 2. The van der Waals surface area contributed by atoms with Crippen molar-refractivity contribution in [1.82, 2.24) is 15.9 Å². The molecule has 0 fully saturated rings. The molecule has 12 nitrogen and oxygen atoms in total. The monoisotopic (exact) mass is 552 g/mol. The van der Waals surface area contributed by atoms with Crippen LogP contribution >= 0.6 is 0 Å². The number of hydroxylamine groups is 1. The number of benzene rings is 2. The van der Waals surface area contributed by atoms with E-state index in [1.807, 2.05) is 0 Å². The molecule has 0 radical (unpaired) electrons. The number of aldehydes is 1. The van der Waals surface area contributed by atoms with Crippen LogP contribution in [0, 0.1) is 0 Å². The number of carbonyl (C=O) groups is 3. The second-order valence-electron chi connectivity index (χ2n) is 8.75. The van der Waals surface area contributed by atoms with E-state index in [1.165, 1.54) is 37.9 Å². The molecule has 39 heavy (non-hydrogen) atoms. The summed E-state index contributed by atoms with van der Waals surface area (Å²) in [5, 5.41) is 40.2. The zero-order valence-corrected chi connectivity index (χ0v) is 21.0. The molecule has 0 bridgehead atoms. The summed E-state index contributed by atoms with van der Waals surface area (Å²) >= 11 is 0. The molecule has 0 heterocycles. The molecule has 0 aliphatic heterocycles. The molecule has 13 heteroatoms. The Morgan fingerprint density at radius 1 is 1.10 bits per heavy atom. The Labute approximate surface area is 226 Å². The van der Waals surface area contributed by atoms with E-state index in [0.29, 0.717) is 23.0 Å². The Morgan fingerprint density at radius 2 is 1.64 bits per heavy atom. The summed E-state index contributed by atoms with van der Waals surface area (Å²) in [6, 6.07) is 5.48. The molecule has 216 valence electrons. The van der Waals surface area contributed by atoms with E-state index in [2.05, 4.69) is 5.48 Å². The maximum atomic E-state index is 13.3. The number of aromatic hydroxyl groups is 2. The zero-order chi connectivity index (χ0) is 28.4. The Balaban J connectivity index is 0.00000760. The molecule has 1 amide bonds. The maximum Gasteiger partial charge on any atom is 0.326 e. The summed E-state index contributed by atoms with van der Waals surface area (Å²) < 4.78 is 13.3. The minimum Gasteiger partial charge on any atom is -0.508 e. The smallest absolute Gasteiger partial charge is 0.326 e. The fourth-order valence-electron chi connectivity index (χ4n) is 3.92. The standard InChI is InChI=1S/C25H33FN4O8.CH4/c1-30(24(35)20(28-26)11-19(32)12-27)21(25(36)37)10-17-8-15(4-6-23(17)34)14-3-5-22(33)16(7-14)9-18(13-31)29-38-2;/h3-8,13,18-21,28-29,32-34H,9-12,27H2,1-2H3,(H,36,37);1H4/t18?,19?,20-,21?;/m0./s1. The van der Waals surface area contributed by atoms with Gasteiger partial charge in [0.15, 0.2) is 0 Å². The van der Waals surface area contributed by atoms with Crippen LogP contribution in [0.5, 0.6) is 11.5 Å². The molecule has 2 aromatic rings. The van der Waals surface area contributed by atoms with Gasteiger partial charge in [0.2, 0.25) is 5.91 Å². The Morgan fingerprint density at radius 3 is 2.08 bits per heavy atom. The summed E-state index contributed by atoms with van der Waals surface area (Å²) in [6.45, 7) is -0.212. The fourth-order valence-corrected chi connectivity index (χ4v) is 3.92. The molecule has 0 aliphatic carbocycles. The highest BCUT2D eigenvalue weighted by Gasteiger charge is 2.33. The van der Waals surface area contributed by atoms with Crippen molar-refractivity contribution in [2.24, 2.45) is 5.73 Å². The first kappa shape index (κ1) is 33.4. The summed E-state index contributed by atoms with van der Waals surface area (Å²) in [4.78, 5) is 41.7. The van der Waals surface area contributed by atoms with Gasteiger partial charge >= 0.3 is 5.97 Å². The number of nitrogens with two attached hydrogens (primary N) is 1. The van der Waals surface area contributed by atoms with Gasteiger partial charge in [-0.05, 0) is 46.5 Å². The SMILES string of the molecule is C.CONC(C=O)Cc1cc(-c2ccc(O)c(CC(C(=O)O)N(C)C(=O)[C@H](CC(O)CN)NF)c2)ccc1O. The van der Waals surface area contributed by atoms with E-state index in [9.17, 15) is 39.3 Å². The molecular weight excluding hydrogens is 515 g/mol. The second-order valence-corrected chi connectivity index (χ2v) is 8.75. The number of likely N-dealkylation sites (N-methyl/N-ethyl adjacent to an activating group) is 1. The fraction of sp³-hybridized carbons (Fsp3) is 0.423. The minimum absolute atomic E-state index is 0. The third-order valence-electron chi connectivity index (χ3n) is 6.09. The van der Waals surface area contributed by atoms with Crippen molar-refractivity contribution >= 4 is 18.2 Å². The number of carbonyl (C=O) groups excluding carboxylic acids is 2. The van der Waals surface area contributed by atoms with Gasteiger partial charge in [-0.1, -0.05) is 19.6 Å². The van der Waals surface area contributed by atoms with Crippen LogP contribution < -0.4 is 16.8 Å². The first-order chi connectivity index (χ1) is 18.1. The topological polar surface area (TPSA) is 195 Å². The molecule has 2 aromatic carbocycles. The van der Waals surface area contributed by atoms with Crippen LogP contribution in [0.2, 0.25) is 0 Å². The van der Waals surface area contributed by atoms with Crippen LogP contribution in [0.1, 0.15) is 25.0 Å². The quantitative estimate of drug-likeness (QED) is 0.0932. The van der Waals surface area contributed by atoms with E-state index in [4.69, 9.17) is 10.6 Å². The van der Waals surface area contributed by atoms with E-state index < -0.39 is 36.1 Å². The average molecular weight is 553 g/mol. The van der Waals surface area contributed by atoms with Gasteiger partial charge < -0.3 is 40.7 Å². The van der Waals surface area contributed by atoms with Gasteiger partial charge in [0.25, 0.3) is 0 Å². The Kier molecular flexibility index (Phi) is 13.5. The number of aliphatic carboxylic acids is 1. The summed E-state index contributed by atoms with van der Waals surface area (Å²) in [6.07, 6.45) is -1.09. The lowest BCUT2D eigenvalue weighted by Gasteiger charge is -2.29. The zero-order valence-electron chi connectivity index (χ0n) is 21.0. The summed E-state index contributed by atoms with van der Waals surface area (Å²) in [5.74, 6) is -2.57. The predicted octanol–water partition coefficient (Wildman–Crippen LogP) is 0.668. The highest BCUT2D eigenvalue weighted by Crippen LogP contribution is 2.31. The molecule has 0 aromatic heterocycles. The Hall–Kier alpha value is -3.62. The number of halogens is 1. The van der Waals surface area contributed by atoms with Crippen LogP contribution in [0.3, 0.4) is 0 Å². The van der Waals surface area contributed by atoms with Gasteiger partial charge in [-0.3, -0.25) is 4.79 Å². The molecule has 3 unspecified atom stereocenters. The first-order valence-corrected chi connectivity index (χ1v) is 11.7. The number of hydrogen-bond acceptors (Lipinski definition) is 10. The number of amides is 1. The number of carboxylic acids is 1. The van der Waals surface area contributed by atoms with Crippen molar-refractivity contribution in [3.63, 3.8) is 0 Å². The van der Waals surface area contributed by atoms with Crippen LogP contribution in [0.4, 0.5) is 4.48 Å². The molecule has 2 rings (SSSR count). The number of hydrogen-bond donors (Lipinski definition) is 7. The van der Waals surface area contributed by atoms with Crippen LogP contribution in [-0.4, -0.2) is 88.4 Å². The number of nitrogens with one attached hydrogen (secondary N) is 2. The Bertz CT molecular complexity index is 1120. The third kappa shape index (κ3) is 8.97. The number of aliphatic hydroxyl groups is 1. The van der Waals surface area contributed by atoms with Gasteiger partial charge in [0.1, 0.15) is 29.9 Å². The lowest BCUT2D eigenvalue weighted by molar-refractivity contribution is -0.150. The van der Waals surface area contributed by atoms with Crippen molar-refractivity contribution in [3.05, 3.63) is 47.5 Å². The maximum absolute atomic E-state index is 13.3. The minimum atomic E-state index is -1.52. The molecular formula is C26H37FN4O8. The van der Waals surface area contributed by atoms with Gasteiger partial charge in [0.05, 0.1) is 19.3 Å². The largest absolute Gasteiger partial charge is 0.508 e. The van der Waals surface area contributed by atoms with Gasteiger partial charge in [-0.2, -0.15) is 5.48 Å². The number of rotatable bonds is 15. The molecule has 8 N–H and O–H groups in total. The van der Waals surface area contributed by atoms with Crippen LogP contribution in [0.15, 0.2) is 36.4 Å². The number of carboxylic acid groups (broad SMARTS) is 1. The van der Waals surface area contributed by atoms with Gasteiger partial charge in [-0.15, -0.1) is 10.0 Å². The first-order valence-electron chi connectivity index (χ1n) is 11.7. The average Bonchev–Trinajstić information content (AvgIpc) is 2.90. The van der Waals surface area contributed by atoms with E-state index in [0.717, 1.165) is 4.90 Å². The van der Waals surface area contributed by atoms with E-state index >= 15 is 0 Å². The predicted molar refractivity (Wildman–Crippen MR) is 141 cm³/mol. The van der Waals surface area contributed by atoms with Crippen molar-refractivity contribution in [2.45, 2.75) is 50.9 Å². The number of aliphatic hydroxyl groups excluding tert-OH is 1. The van der Waals surface area contributed by atoms with Crippen LogP contribution in [-0.2, 0) is 32.1 Å². The van der Waals surface area contributed by atoms with E-state index in [-0.39, 0.29) is 50.3 Å². The lowest BCUT2D eigenvalue weighted by atomic mass is 9.95. The van der Waals surface area contributed by atoms with Crippen molar-refractivity contribution in [3.8, 4) is 22.6 Å². The molecule has 4 atom stereocenters. The molecule has 0 spiro atoms. The number of nitrogens with zero attached hydrogens (tertiary/aromatic N) is 1. The lowest BCUT2D eigenvalue weighted by Crippen LogP contribution is -2.51. The third-order valence-corrected chi connectivity index (χ3v) is 6.09.